The van der Waals surface area contributed by atoms with E-state index in [-0.39, 0.29) is 12.4 Å². The lowest BCUT2D eigenvalue weighted by Crippen LogP contribution is -2.34. The molecule has 2 N–H and O–H groups in total. The first kappa shape index (κ1) is 11.8. The second-order valence-corrected chi connectivity index (χ2v) is 4.02. The largest absolute Gasteiger partial charge is 0.494 e. The number of benzene rings is 1. The van der Waals surface area contributed by atoms with Crippen LogP contribution in [0, 0.1) is 5.82 Å². The third kappa shape index (κ3) is 3.09. The minimum absolute atomic E-state index is 0.0271. The van der Waals surface area contributed by atoms with E-state index in [1.165, 1.54) is 13.2 Å². The van der Waals surface area contributed by atoms with Crippen molar-refractivity contribution in [3.05, 3.63) is 24.0 Å². The van der Waals surface area contributed by atoms with E-state index in [0.717, 1.165) is 0 Å². The number of hydrogen-bond donors (Lipinski definition) is 2. The van der Waals surface area contributed by atoms with E-state index < -0.39 is 11.4 Å². The molecule has 1 aromatic rings. The summed E-state index contributed by atoms with van der Waals surface area (Å²) in [5.74, 6) is -0.210. The maximum absolute atomic E-state index is 13.3. The standard InChI is InChI=1S/C11H16FNO2/c1-11(2,7-14)13-8-4-5-10(15-3)9(12)6-8/h4-6,13-14H,7H2,1-3H3. The molecule has 0 heterocycles. The van der Waals surface area contributed by atoms with E-state index in [1.807, 2.05) is 13.8 Å². The number of aliphatic hydroxyl groups excluding tert-OH is 1. The number of rotatable bonds is 4. The van der Waals surface area contributed by atoms with E-state index in [9.17, 15) is 4.39 Å². The Morgan fingerprint density at radius 1 is 1.47 bits per heavy atom. The summed E-state index contributed by atoms with van der Waals surface area (Å²) in [7, 11) is 1.42. The van der Waals surface area contributed by atoms with Crippen LogP contribution in [-0.4, -0.2) is 24.4 Å². The summed E-state index contributed by atoms with van der Waals surface area (Å²) < 4.78 is 18.1. The van der Waals surface area contributed by atoms with Crippen molar-refractivity contribution < 1.29 is 14.2 Å². The average molecular weight is 213 g/mol. The Balaban J connectivity index is 2.84. The average Bonchev–Trinajstić information content (AvgIpc) is 2.17. The molecule has 0 radical (unpaired) electrons. The van der Waals surface area contributed by atoms with Crippen LogP contribution in [0.2, 0.25) is 0 Å². The van der Waals surface area contributed by atoms with Crippen molar-refractivity contribution in [2.75, 3.05) is 19.0 Å². The van der Waals surface area contributed by atoms with Crippen molar-refractivity contribution in [2.24, 2.45) is 0 Å². The van der Waals surface area contributed by atoms with Crippen LogP contribution in [0.25, 0.3) is 0 Å². The fraction of sp³-hybridized carbons (Fsp3) is 0.455. The maximum atomic E-state index is 13.3. The lowest BCUT2D eigenvalue weighted by molar-refractivity contribution is 0.234. The van der Waals surface area contributed by atoms with E-state index in [1.54, 1.807) is 12.1 Å². The van der Waals surface area contributed by atoms with Gasteiger partial charge in [0.25, 0.3) is 0 Å². The van der Waals surface area contributed by atoms with Gasteiger partial charge >= 0.3 is 0 Å². The van der Waals surface area contributed by atoms with Gasteiger partial charge < -0.3 is 15.2 Å². The third-order valence-electron chi connectivity index (χ3n) is 2.03. The highest BCUT2D eigenvalue weighted by Gasteiger charge is 2.16. The van der Waals surface area contributed by atoms with Crippen LogP contribution in [0.3, 0.4) is 0 Å². The Labute approximate surface area is 88.9 Å². The fourth-order valence-corrected chi connectivity index (χ4v) is 1.17. The van der Waals surface area contributed by atoms with Gasteiger partial charge in [-0.25, -0.2) is 4.39 Å². The number of ether oxygens (including phenoxy) is 1. The Morgan fingerprint density at radius 3 is 2.60 bits per heavy atom. The predicted molar refractivity (Wildman–Crippen MR) is 57.7 cm³/mol. The lowest BCUT2D eigenvalue weighted by atomic mass is 10.1. The fourth-order valence-electron chi connectivity index (χ4n) is 1.17. The van der Waals surface area contributed by atoms with Crippen LogP contribution >= 0.6 is 0 Å². The Bertz CT molecular complexity index is 339. The first-order valence-electron chi connectivity index (χ1n) is 4.71. The van der Waals surface area contributed by atoms with Crippen molar-refractivity contribution in [2.45, 2.75) is 19.4 Å². The van der Waals surface area contributed by atoms with E-state index >= 15 is 0 Å². The van der Waals surface area contributed by atoms with Gasteiger partial charge in [-0.15, -0.1) is 0 Å². The molecule has 0 atom stereocenters. The minimum Gasteiger partial charge on any atom is -0.494 e. The molecule has 0 bridgehead atoms. The van der Waals surface area contributed by atoms with Gasteiger partial charge in [0.2, 0.25) is 0 Å². The number of methoxy groups -OCH3 is 1. The van der Waals surface area contributed by atoms with Gasteiger partial charge in [0.1, 0.15) is 0 Å². The molecule has 1 rings (SSSR count). The van der Waals surface area contributed by atoms with Gasteiger partial charge in [-0.1, -0.05) is 0 Å². The summed E-state index contributed by atoms with van der Waals surface area (Å²) in [5.41, 5.74) is 0.147. The number of anilines is 1. The zero-order valence-electron chi connectivity index (χ0n) is 9.17. The molecule has 84 valence electrons. The molecule has 0 amide bonds. The summed E-state index contributed by atoms with van der Waals surface area (Å²) >= 11 is 0. The molecule has 3 nitrogen and oxygen atoms in total. The molecule has 0 aromatic heterocycles. The molecule has 0 unspecified atom stereocenters. The molecule has 0 aliphatic rings. The lowest BCUT2D eigenvalue weighted by Gasteiger charge is -2.25. The molecular formula is C11H16FNO2. The smallest absolute Gasteiger partial charge is 0.167 e. The maximum Gasteiger partial charge on any atom is 0.167 e. The summed E-state index contributed by atoms with van der Waals surface area (Å²) in [5, 5.41) is 12.1. The van der Waals surface area contributed by atoms with Crippen LogP contribution in [0.15, 0.2) is 18.2 Å². The van der Waals surface area contributed by atoms with Crippen LogP contribution < -0.4 is 10.1 Å². The summed E-state index contributed by atoms with van der Waals surface area (Å²) in [6, 6.07) is 4.60. The number of hydrogen-bond acceptors (Lipinski definition) is 3. The first-order chi connectivity index (χ1) is 6.98. The zero-order valence-corrected chi connectivity index (χ0v) is 9.17. The molecule has 0 aliphatic carbocycles. The van der Waals surface area contributed by atoms with Gasteiger partial charge in [-0.2, -0.15) is 0 Å². The first-order valence-corrected chi connectivity index (χ1v) is 4.71. The van der Waals surface area contributed by atoms with Crippen molar-refractivity contribution in [1.82, 2.24) is 0 Å². The second-order valence-electron chi connectivity index (χ2n) is 4.02. The number of aliphatic hydroxyl groups is 1. The van der Waals surface area contributed by atoms with Crippen LogP contribution in [0.1, 0.15) is 13.8 Å². The monoisotopic (exact) mass is 213 g/mol. The third-order valence-corrected chi connectivity index (χ3v) is 2.03. The summed E-state index contributed by atoms with van der Waals surface area (Å²) in [4.78, 5) is 0. The Hall–Kier alpha value is -1.29. The van der Waals surface area contributed by atoms with E-state index in [4.69, 9.17) is 9.84 Å². The molecule has 0 aliphatic heterocycles. The van der Waals surface area contributed by atoms with Gasteiger partial charge in [0.05, 0.1) is 19.3 Å². The quantitative estimate of drug-likeness (QED) is 0.804. The molecular weight excluding hydrogens is 197 g/mol. The van der Waals surface area contributed by atoms with Gasteiger partial charge in [0, 0.05) is 11.8 Å². The molecule has 15 heavy (non-hydrogen) atoms. The topological polar surface area (TPSA) is 41.5 Å². The summed E-state index contributed by atoms with van der Waals surface area (Å²) in [6.07, 6.45) is 0. The molecule has 0 spiro atoms. The van der Waals surface area contributed by atoms with Crippen LogP contribution in [-0.2, 0) is 0 Å². The van der Waals surface area contributed by atoms with Crippen molar-refractivity contribution >= 4 is 5.69 Å². The molecule has 0 saturated carbocycles. The van der Waals surface area contributed by atoms with Gasteiger partial charge in [-0.05, 0) is 26.0 Å². The Morgan fingerprint density at radius 2 is 2.13 bits per heavy atom. The van der Waals surface area contributed by atoms with Crippen LogP contribution in [0.4, 0.5) is 10.1 Å². The SMILES string of the molecule is COc1ccc(NC(C)(C)CO)cc1F. The molecule has 0 saturated heterocycles. The van der Waals surface area contributed by atoms with Gasteiger partial charge in [0.15, 0.2) is 11.6 Å². The Kier molecular flexibility index (Phi) is 3.52. The zero-order chi connectivity index (χ0) is 11.5. The predicted octanol–water partition coefficient (Wildman–Crippen LogP) is 2.02. The highest BCUT2D eigenvalue weighted by atomic mass is 19.1. The summed E-state index contributed by atoms with van der Waals surface area (Å²) in [6.45, 7) is 3.63. The molecule has 1 aromatic carbocycles. The molecule has 0 fully saturated rings. The molecule has 4 heteroatoms. The van der Waals surface area contributed by atoms with Crippen molar-refractivity contribution in [3.8, 4) is 5.75 Å². The normalized spacial score (nSPS) is 11.3. The van der Waals surface area contributed by atoms with E-state index in [0.29, 0.717) is 5.69 Å². The van der Waals surface area contributed by atoms with E-state index in [2.05, 4.69) is 5.32 Å². The van der Waals surface area contributed by atoms with Crippen molar-refractivity contribution in [3.63, 3.8) is 0 Å². The highest BCUT2D eigenvalue weighted by Crippen LogP contribution is 2.22. The highest BCUT2D eigenvalue weighted by molar-refractivity contribution is 5.48. The number of halogens is 1. The van der Waals surface area contributed by atoms with Crippen molar-refractivity contribution in [1.29, 1.82) is 0 Å². The van der Waals surface area contributed by atoms with Crippen LogP contribution in [0.5, 0.6) is 5.75 Å². The second kappa shape index (κ2) is 4.49. The number of nitrogens with one attached hydrogen (secondary N) is 1. The van der Waals surface area contributed by atoms with Gasteiger partial charge in [-0.3, -0.25) is 0 Å². The minimum atomic E-state index is -0.471.